The highest BCUT2D eigenvalue weighted by molar-refractivity contribution is 7.09. The zero-order chi connectivity index (χ0) is 34.9. The molecule has 0 unspecified atom stereocenters. The largest absolute Gasteiger partial charge is 0.388 e. The van der Waals surface area contributed by atoms with Crippen LogP contribution in [0.5, 0.6) is 0 Å². The fourth-order valence-corrected chi connectivity index (χ4v) is 7.61. The molecule has 0 radical (unpaired) electrons. The predicted molar refractivity (Wildman–Crippen MR) is 185 cm³/mol. The van der Waals surface area contributed by atoms with Crippen LogP contribution in [0.15, 0.2) is 41.9 Å². The topological polar surface area (TPSA) is 135 Å². The van der Waals surface area contributed by atoms with Crippen LogP contribution in [0.1, 0.15) is 83.2 Å². The van der Waals surface area contributed by atoms with Crippen molar-refractivity contribution in [3.05, 3.63) is 52.5 Å². The highest BCUT2D eigenvalue weighted by atomic mass is 32.1. The van der Waals surface area contributed by atoms with Crippen molar-refractivity contribution in [2.24, 2.45) is 17.6 Å². The number of ketones is 1. The Kier molecular flexibility index (Phi) is 14.5. The summed E-state index contributed by atoms with van der Waals surface area (Å²) >= 11 is 1.56. The minimum Gasteiger partial charge on any atom is -0.388 e. The number of hydrogen-bond donors (Lipinski definition) is 2. The first kappa shape index (κ1) is 38.7. The van der Waals surface area contributed by atoms with Gasteiger partial charge < -0.3 is 30.1 Å². The van der Waals surface area contributed by atoms with Crippen LogP contribution in [0.25, 0.3) is 0 Å². The molecule has 2 aromatic rings. The van der Waals surface area contributed by atoms with Gasteiger partial charge in [0.05, 0.1) is 41.3 Å². The lowest BCUT2D eigenvalue weighted by atomic mass is 9.85. The summed E-state index contributed by atoms with van der Waals surface area (Å²) in [6.07, 6.45) is 4.09. The van der Waals surface area contributed by atoms with Crippen LogP contribution in [0, 0.1) is 11.8 Å². The molecule has 2 amide bonds. The Morgan fingerprint density at radius 1 is 1.15 bits per heavy atom. The summed E-state index contributed by atoms with van der Waals surface area (Å²) in [7, 11) is 4.82. The number of aliphatic hydroxyl groups is 1. The average molecular weight is 673 g/mol. The molecule has 3 N–H and O–H groups in total. The first-order valence-corrected chi connectivity index (χ1v) is 17.7. The number of ether oxygens (including phenoxy) is 2. The molecule has 1 aliphatic rings. The van der Waals surface area contributed by atoms with E-state index in [1.165, 1.54) is 18.7 Å². The first-order valence-electron chi connectivity index (χ1n) is 16.8. The highest BCUT2D eigenvalue weighted by Gasteiger charge is 2.43. The second kappa shape index (κ2) is 17.6. The molecule has 0 spiro atoms. The van der Waals surface area contributed by atoms with E-state index in [-0.39, 0.29) is 36.0 Å². The van der Waals surface area contributed by atoms with Crippen molar-refractivity contribution in [1.82, 2.24) is 14.8 Å². The molecule has 8 atom stereocenters. The summed E-state index contributed by atoms with van der Waals surface area (Å²) in [5.74, 6) is -0.915. The van der Waals surface area contributed by atoms with Crippen molar-refractivity contribution in [1.29, 1.82) is 0 Å². The molecule has 1 aromatic carbocycles. The van der Waals surface area contributed by atoms with Crippen molar-refractivity contribution in [3.8, 4) is 0 Å². The van der Waals surface area contributed by atoms with Crippen LogP contribution in [0.2, 0.25) is 0 Å². The van der Waals surface area contributed by atoms with Crippen LogP contribution in [0.4, 0.5) is 0 Å². The van der Waals surface area contributed by atoms with Crippen molar-refractivity contribution in [2.45, 2.75) is 115 Å². The van der Waals surface area contributed by atoms with Gasteiger partial charge in [-0.1, -0.05) is 57.5 Å². The molecule has 1 fully saturated rings. The number of nitrogens with zero attached hydrogens (tertiary/aromatic N) is 3. The quantitative estimate of drug-likeness (QED) is 0.237. The van der Waals surface area contributed by atoms with Gasteiger partial charge in [-0.3, -0.25) is 14.4 Å². The number of nitrogens with two attached hydrogens (primary N) is 1. The van der Waals surface area contributed by atoms with Gasteiger partial charge in [-0.15, -0.1) is 11.3 Å². The number of hydrogen-bond acceptors (Lipinski definition) is 9. The molecule has 1 aromatic heterocycles. The molecular formula is C36H56N4O6S. The van der Waals surface area contributed by atoms with Gasteiger partial charge in [0.15, 0.2) is 0 Å². The molecule has 0 aliphatic carbocycles. The average Bonchev–Trinajstić information content (AvgIpc) is 3.77. The number of methoxy groups -OCH3 is 2. The second-order valence-corrected chi connectivity index (χ2v) is 14.6. The lowest BCUT2D eigenvalue weighted by molar-refractivity contribution is -0.148. The summed E-state index contributed by atoms with van der Waals surface area (Å²) in [5, 5.41) is 13.3. The third kappa shape index (κ3) is 9.92. The van der Waals surface area contributed by atoms with E-state index >= 15 is 0 Å². The standard InChI is InChI=1S/C36H56N4O6S/c1-9-23(2)31(39(6)35(43)33(37)36(4,5)44)29(45-7)22-30(42)40-18-13-16-27(40)32(46-8)24(3)28(41)21-26(34-38-17-19-47-34)20-25-14-11-10-12-15-25/h10-12,14-15,17,19,23-24,26-27,29,31-33,44H,9,13,16,18,20-22,37H2,1-8H3/t23-,24-,26+,27-,29+,31-,32+,33+/m0/s1. The van der Waals surface area contributed by atoms with E-state index in [1.807, 2.05) is 49.3 Å². The number of Topliss-reactive ketones (excluding diaryl/α,β-unsaturated/α-hetero) is 1. The molecule has 1 saturated heterocycles. The highest BCUT2D eigenvalue weighted by Crippen LogP contribution is 2.33. The Morgan fingerprint density at radius 2 is 1.83 bits per heavy atom. The summed E-state index contributed by atoms with van der Waals surface area (Å²) < 4.78 is 11.9. The maximum atomic E-state index is 14.0. The minimum absolute atomic E-state index is 0.00360. The lowest BCUT2D eigenvalue weighted by Gasteiger charge is -2.41. The number of likely N-dealkylation sites (tertiary alicyclic amines) is 1. The van der Waals surface area contributed by atoms with Gasteiger partial charge in [-0.25, -0.2) is 4.98 Å². The molecule has 10 nitrogen and oxygen atoms in total. The van der Waals surface area contributed by atoms with Crippen LogP contribution in [-0.4, -0.2) is 101 Å². The number of carbonyl (C=O) groups excluding carboxylic acids is 3. The summed E-state index contributed by atoms with van der Waals surface area (Å²) in [5.41, 5.74) is 5.88. The monoisotopic (exact) mass is 672 g/mol. The molecule has 3 rings (SSSR count). The first-order chi connectivity index (χ1) is 22.2. The molecule has 11 heteroatoms. The number of amides is 2. The number of aromatic nitrogens is 1. The Labute approximate surface area is 285 Å². The number of likely N-dealkylation sites (N-methyl/N-ethyl adjacent to an activating group) is 1. The van der Waals surface area contributed by atoms with Gasteiger partial charge >= 0.3 is 0 Å². The molecular weight excluding hydrogens is 616 g/mol. The van der Waals surface area contributed by atoms with E-state index < -0.39 is 41.7 Å². The lowest BCUT2D eigenvalue weighted by Crippen LogP contribution is -2.59. The Morgan fingerprint density at radius 3 is 2.38 bits per heavy atom. The predicted octanol–water partition coefficient (Wildman–Crippen LogP) is 4.45. The second-order valence-electron chi connectivity index (χ2n) is 13.6. The van der Waals surface area contributed by atoms with Gasteiger partial charge in [0.2, 0.25) is 11.8 Å². The zero-order valence-electron chi connectivity index (χ0n) is 29.4. The molecule has 0 saturated carbocycles. The van der Waals surface area contributed by atoms with Crippen molar-refractivity contribution < 1.29 is 29.0 Å². The fraction of sp³-hybridized carbons (Fsp3) is 0.667. The third-order valence-electron chi connectivity index (χ3n) is 9.95. The molecule has 262 valence electrons. The van der Waals surface area contributed by atoms with E-state index in [0.717, 1.165) is 29.8 Å². The Bertz CT molecular complexity index is 1270. The fourth-order valence-electron chi connectivity index (χ4n) is 6.87. The molecule has 47 heavy (non-hydrogen) atoms. The maximum absolute atomic E-state index is 14.0. The summed E-state index contributed by atoms with van der Waals surface area (Å²) in [6.45, 7) is 9.52. The smallest absolute Gasteiger partial charge is 0.242 e. The van der Waals surface area contributed by atoms with Gasteiger partial charge in [0.1, 0.15) is 11.8 Å². The van der Waals surface area contributed by atoms with E-state index in [1.54, 1.807) is 38.8 Å². The van der Waals surface area contributed by atoms with Gasteiger partial charge in [-0.2, -0.15) is 0 Å². The van der Waals surface area contributed by atoms with Crippen LogP contribution >= 0.6 is 11.3 Å². The van der Waals surface area contributed by atoms with Crippen LogP contribution in [0.3, 0.4) is 0 Å². The van der Waals surface area contributed by atoms with E-state index in [2.05, 4.69) is 17.1 Å². The number of thiazole rings is 1. The summed E-state index contributed by atoms with van der Waals surface area (Å²) in [6, 6.07) is 8.31. The van der Waals surface area contributed by atoms with E-state index in [0.29, 0.717) is 19.4 Å². The van der Waals surface area contributed by atoms with Crippen LogP contribution < -0.4 is 5.73 Å². The number of carbonyl (C=O) groups is 3. The van der Waals surface area contributed by atoms with E-state index in [4.69, 9.17) is 15.2 Å². The third-order valence-corrected chi connectivity index (χ3v) is 10.9. The van der Waals surface area contributed by atoms with Crippen molar-refractivity contribution in [3.63, 3.8) is 0 Å². The van der Waals surface area contributed by atoms with Gasteiger partial charge in [0, 0.05) is 57.6 Å². The van der Waals surface area contributed by atoms with Crippen molar-refractivity contribution in [2.75, 3.05) is 27.8 Å². The van der Waals surface area contributed by atoms with Gasteiger partial charge in [0.25, 0.3) is 0 Å². The zero-order valence-corrected chi connectivity index (χ0v) is 30.2. The maximum Gasteiger partial charge on any atom is 0.242 e. The van der Waals surface area contributed by atoms with Gasteiger partial charge in [-0.05, 0) is 44.6 Å². The normalized spacial score (nSPS) is 19.8. The summed E-state index contributed by atoms with van der Waals surface area (Å²) in [4.78, 5) is 49.1. The molecule has 2 heterocycles. The Hall–Kier alpha value is -2.70. The molecule has 0 bridgehead atoms. The minimum atomic E-state index is -1.41. The van der Waals surface area contributed by atoms with Crippen molar-refractivity contribution >= 4 is 28.9 Å². The van der Waals surface area contributed by atoms with Crippen LogP contribution in [-0.2, 0) is 30.3 Å². The molecule has 1 aliphatic heterocycles. The Balaban J connectivity index is 1.76. The SMILES string of the molecule is CC[C@H](C)[C@@H]([C@@H](CC(=O)N1CCC[C@H]1[C@H](OC)[C@@H](C)C(=O)C[C@@H](Cc1ccccc1)c1nccs1)OC)N(C)C(=O)[C@@H](N)C(C)(C)O. The number of benzene rings is 1. The number of rotatable bonds is 18. The van der Waals surface area contributed by atoms with E-state index in [9.17, 15) is 19.5 Å².